The van der Waals surface area contributed by atoms with Crippen LogP contribution in [0.1, 0.15) is 20.8 Å². The Morgan fingerprint density at radius 1 is 1.62 bits per heavy atom. The fraction of sp³-hybridized carbons (Fsp3) is 0.600. The number of hydrogen-bond donors (Lipinski definition) is 2. The number of aryl methyl sites for hydroxylation is 1. The van der Waals surface area contributed by atoms with Crippen LogP contribution in [0.15, 0.2) is 12.4 Å². The number of aromatic nitrogens is 2. The van der Waals surface area contributed by atoms with Gasteiger partial charge < -0.3 is 11.1 Å². The van der Waals surface area contributed by atoms with Crippen LogP contribution < -0.4 is 11.1 Å². The second kappa shape index (κ2) is 6.50. The van der Waals surface area contributed by atoms with Crippen LogP contribution in [0.25, 0.3) is 0 Å². The number of amides is 1. The minimum Gasteiger partial charge on any atom is -0.322 e. The lowest BCUT2D eigenvalue weighted by molar-refractivity contribution is -0.118. The Kier molecular flexibility index (Phi) is 6.06. The molecule has 1 aromatic heterocycles. The van der Waals surface area contributed by atoms with Crippen LogP contribution in [0.4, 0.5) is 5.69 Å². The van der Waals surface area contributed by atoms with Crippen molar-refractivity contribution in [2.45, 2.75) is 33.4 Å². The highest BCUT2D eigenvalue weighted by molar-refractivity contribution is 5.94. The lowest BCUT2D eigenvalue weighted by atomic mass is 10.1. The normalized spacial score (nSPS) is 12.1. The molecular weight excluding hydrogens is 228 g/mol. The summed E-state index contributed by atoms with van der Waals surface area (Å²) < 4.78 is 1.75. The summed E-state index contributed by atoms with van der Waals surface area (Å²) >= 11 is 0. The van der Waals surface area contributed by atoms with Gasteiger partial charge >= 0.3 is 0 Å². The highest BCUT2D eigenvalue weighted by Gasteiger charge is 2.17. The molecule has 0 aliphatic rings. The number of halogens is 1. The molecule has 1 heterocycles. The third kappa shape index (κ3) is 3.83. The smallest absolute Gasteiger partial charge is 0.241 e. The van der Waals surface area contributed by atoms with Gasteiger partial charge in [-0.3, -0.25) is 9.48 Å². The second-order valence-electron chi connectivity index (χ2n) is 3.84. The van der Waals surface area contributed by atoms with Crippen molar-refractivity contribution >= 4 is 24.0 Å². The summed E-state index contributed by atoms with van der Waals surface area (Å²) in [5, 5.41) is 6.78. The Bertz CT molecular complexity index is 337. The molecule has 0 fully saturated rings. The summed E-state index contributed by atoms with van der Waals surface area (Å²) in [5.74, 6) is -0.0353. The van der Waals surface area contributed by atoms with Gasteiger partial charge in [-0.15, -0.1) is 12.4 Å². The predicted molar refractivity (Wildman–Crippen MR) is 66.6 cm³/mol. The summed E-state index contributed by atoms with van der Waals surface area (Å²) in [6.07, 6.45) is 3.40. The molecule has 1 amide bonds. The van der Waals surface area contributed by atoms with Crippen molar-refractivity contribution < 1.29 is 4.79 Å². The molecular formula is C10H19ClN4O. The van der Waals surface area contributed by atoms with E-state index in [9.17, 15) is 4.79 Å². The Hall–Kier alpha value is -1.07. The van der Waals surface area contributed by atoms with Gasteiger partial charge in [0, 0.05) is 12.7 Å². The van der Waals surface area contributed by atoms with Crippen molar-refractivity contribution in [2.75, 3.05) is 5.32 Å². The topological polar surface area (TPSA) is 72.9 Å². The van der Waals surface area contributed by atoms with Gasteiger partial charge in [0.1, 0.15) is 0 Å². The van der Waals surface area contributed by atoms with E-state index in [1.165, 1.54) is 0 Å². The van der Waals surface area contributed by atoms with Gasteiger partial charge in [0.25, 0.3) is 0 Å². The van der Waals surface area contributed by atoms with Crippen molar-refractivity contribution in [1.82, 2.24) is 9.78 Å². The largest absolute Gasteiger partial charge is 0.322 e. The summed E-state index contributed by atoms with van der Waals surface area (Å²) in [4.78, 5) is 11.6. The zero-order chi connectivity index (χ0) is 11.4. The zero-order valence-electron chi connectivity index (χ0n) is 9.80. The van der Waals surface area contributed by atoms with Gasteiger partial charge in [-0.2, -0.15) is 5.10 Å². The van der Waals surface area contributed by atoms with Crippen LogP contribution in [-0.2, 0) is 11.3 Å². The fourth-order valence-electron chi connectivity index (χ4n) is 1.13. The molecule has 0 saturated carbocycles. The molecule has 0 aromatic carbocycles. The third-order valence-corrected chi connectivity index (χ3v) is 2.25. The molecule has 6 heteroatoms. The third-order valence-electron chi connectivity index (χ3n) is 2.25. The van der Waals surface area contributed by atoms with E-state index in [4.69, 9.17) is 5.73 Å². The molecule has 0 aliphatic carbocycles. The number of carbonyl (C=O) groups excluding carboxylic acids is 1. The molecule has 3 N–H and O–H groups in total. The predicted octanol–water partition coefficient (Wildman–Crippen LogP) is 1.25. The van der Waals surface area contributed by atoms with E-state index in [0.717, 1.165) is 6.54 Å². The van der Waals surface area contributed by atoms with E-state index in [2.05, 4.69) is 10.4 Å². The van der Waals surface area contributed by atoms with Crippen molar-refractivity contribution in [3.05, 3.63) is 12.4 Å². The molecule has 1 atom stereocenters. The van der Waals surface area contributed by atoms with Crippen LogP contribution in [0, 0.1) is 5.92 Å². The number of anilines is 1. The fourth-order valence-corrected chi connectivity index (χ4v) is 1.13. The molecule has 0 spiro atoms. The number of nitrogens with one attached hydrogen (secondary N) is 1. The number of hydrogen-bond acceptors (Lipinski definition) is 3. The van der Waals surface area contributed by atoms with E-state index < -0.39 is 6.04 Å². The molecule has 0 bridgehead atoms. The molecule has 1 rings (SSSR count). The van der Waals surface area contributed by atoms with Gasteiger partial charge in [-0.1, -0.05) is 13.8 Å². The molecule has 1 unspecified atom stereocenters. The highest BCUT2D eigenvalue weighted by atomic mass is 35.5. The Morgan fingerprint density at radius 3 is 2.69 bits per heavy atom. The van der Waals surface area contributed by atoms with Crippen LogP contribution in [0.5, 0.6) is 0 Å². The minimum absolute atomic E-state index is 0. The van der Waals surface area contributed by atoms with E-state index in [1.807, 2.05) is 20.8 Å². The maximum absolute atomic E-state index is 11.6. The standard InChI is InChI=1S/C10H18N4O.ClH/c1-4-14-6-8(5-12-14)13-10(15)9(11)7(2)3;/h5-7,9H,4,11H2,1-3H3,(H,13,15);1H. The molecule has 0 saturated heterocycles. The van der Waals surface area contributed by atoms with Gasteiger partial charge in [-0.25, -0.2) is 0 Å². The summed E-state index contributed by atoms with van der Waals surface area (Å²) in [6.45, 7) is 6.60. The first-order chi connectivity index (χ1) is 7.04. The first kappa shape index (κ1) is 14.9. The molecule has 92 valence electrons. The van der Waals surface area contributed by atoms with Gasteiger partial charge in [0.15, 0.2) is 0 Å². The number of carbonyl (C=O) groups is 1. The number of rotatable bonds is 4. The van der Waals surface area contributed by atoms with Gasteiger partial charge in [0.2, 0.25) is 5.91 Å². The summed E-state index contributed by atoms with van der Waals surface area (Å²) in [5.41, 5.74) is 6.40. The first-order valence-electron chi connectivity index (χ1n) is 5.13. The maximum atomic E-state index is 11.6. The minimum atomic E-state index is -0.477. The summed E-state index contributed by atoms with van der Waals surface area (Å²) in [7, 11) is 0. The first-order valence-corrected chi connectivity index (χ1v) is 5.13. The number of nitrogens with two attached hydrogens (primary N) is 1. The average Bonchev–Trinajstić information content (AvgIpc) is 2.64. The van der Waals surface area contributed by atoms with E-state index in [0.29, 0.717) is 5.69 Å². The molecule has 0 aliphatic heterocycles. The van der Waals surface area contributed by atoms with Gasteiger partial charge in [0.05, 0.1) is 17.9 Å². The molecule has 0 radical (unpaired) electrons. The summed E-state index contributed by atoms with van der Waals surface area (Å²) in [6, 6.07) is -0.477. The highest BCUT2D eigenvalue weighted by Crippen LogP contribution is 2.07. The quantitative estimate of drug-likeness (QED) is 0.840. The van der Waals surface area contributed by atoms with E-state index >= 15 is 0 Å². The SMILES string of the molecule is CCn1cc(NC(=O)C(N)C(C)C)cn1.Cl. The van der Waals surface area contributed by atoms with Crippen molar-refractivity contribution in [3.63, 3.8) is 0 Å². The van der Waals surface area contributed by atoms with Crippen LogP contribution in [0.3, 0.4) is 0 Å². The molecule has 16 heavy (non-hydrogen) atoms. The second-order valence-corrected chi connectivity index (χ2v) is 3.84. The molecule has 5 nitrogen and oxygen atoms in total. The lowest BCUT2D eigenvalue weighted by Gasteiger charge is -2.14. The van der Waals surface area contributed by atoms with Crippen LogP contribution >= 0.6 is 12.4 Å². The Balaban J connectivity index is 0.00000225. The zero-order valence-corrected chi connectivity index (χ0v) is 10.6. The molecule has 1 aromatic rings. The van der Waals surface area contributed by atoms with Crippen molar-refractivity contribution in [3.8, 4) is 0 Å². The van der Waals surface area contributed by atoms with Gasteiger partial charge in [-0.05, 0) is 12.8 Å². The maximum Gasteiger partial charge on any atom is 0.241 e. The monoisotopic (exact) mass is 246 g/mol. The van der Waals surface area contributed by atoms with E-state index in [1.54, 1.807) is 17.1 Å². The van der Waals surface area contributed by atoms with Crippen molar-refractivity contribution in [1.29, 1.82) is 0 Å². The average molecular weight is 247 g/mol. The Morgan fingerprint density at radius 2 is 2.25 bits per heavy atom. The van der Waals surface area contributed by atoms with Crippen LogP contribution in [0.2, 0.25) is 0 Å². The lowest BCUT2D eigenvalue weighted by Crippen LogP contribution is -2.39. The van der Waals surface area contributed by atoms with Crippen LogP contribution in [-0.4, -0.2) is 21.7 Å². The Labute approximate surface area is 102 Å². The number of nitrogens with zero attached hydrogens (tertiary/aromatic N) is 2. The van der Waals surface area contributed by atoms with Crippen molar-refractivity contribution in [2.24, 2.45) is 11.7 Å². The van der Waals surface area contributed by atoms with E-state index in [-0.39, 0.29) is 24.2 Å².